The van der Waals surface area contributed by atoms with Crippen molar-refractivity contribution in [3.05, 3.63) is 78.4 Å². The van der Waals surface area contributed by atoms with Gasteiger partial charge >= 0.3 is 0 Å². The molecule has 0 spiro atoms. The van der Waals surface area contributed by atoms with Crippen molar-refractivity contribution in [2.24, 2.45) is 0 Å². The van der Waals surface area contributed by atoms with Gasteiger partial charge in [-0.15, -0.1) is 0 Å². The Labute approximate surface area is 129 Å². The van der Waals surface area contributed by atoms with Gasteiger partial charge in [0, 0.05) is 10.9 Å². The van der Waals surface area contributed by atoms with Crippen LogP contribution in [-0.4, -0.2) is 5.11 Å². The van der Waals surface area contributed by atoms with E-state index in [-0.39, 0.29) is 0 Å². The van der Waals surface area contributed by atoms with Crippen LogP contribution in [0.3, 0.4) is 0 Å². The van der Waals surface area contributed by atoms with E-state index in [1.54, 1.807) is 6.07 Å². The smallest absolute Gasteiger partial charge is 0.124 e. The summed E-state index contributed by atoms with van der Waals surface area (Å²) in [6.45, 7) is 2.09. The van der Waals surface area contributed by atoms with E-state index in [4.69, 9.17) is 0 Å². The van der Waals surface area contributed by atoms with Crippen LogP contribution in [0.2, 0.25) is 0 Å². The second kappa shape index (κ2) is 4.88. The van der Waals surface area contributed by atoms with Gasteiger partial charge < -0.3 is 5.11 Å². The fraction of sp³-hybridized carbons (Fsp3) is 0.0476. The third-order valence-electron chi connectivity index (χ3n) is 4.28. The largest absolute Gasteiger partial charge is 0.507 e. The molecular weight excluding hydrogens is 268 g/mol. The van der Waals surface area contributed by atoms with Gasteiger partial charge in [0.05, 0.1) is 0 Å². The first-order valence-electron chi connectivity index (χ1n) is 7.45. The SMILES string of the molecule is Cc1ccc(O)c2c(-c3ccccc3)c3ccccc3cc12. The maximum absolute atomic E-state index is 10.5. The van der Waals surface area contributed by atoms with Gasteiger partial charge in [-0.1, -0.05) is 60.7 Å². The first kappa shape index (κ1) is 12.9. The zero-order valence-electron chi connectivity index (χ0n) is 12.4. The van der Waals surface area contributed by atoms with Crippen LogP contribution in [0, 0.1) is 6.92 Å². The predicted molar refractivity (Wildman–Crippen MR) is 93.3 cm³/mol. The zero-order valence-corrected chi connectivity index (χ0v) is 12.4. The first-order valence-corrected chi connectivity index (χ1v) is 7.45. The summed E-state index contributed by atoms with van der Waals surface area (Å²) in [5, 5.41) is 14.9. The second-order valence-corrected chi connectivity index (χ2v) is 5.66. The van der Waals surface area contributed by atoms with Gasteiger partial charge in [-0.3, -0.25) is 0 Å². The van der Waals surface area contributed by atoms with Crippen LogP contribution >= 0.6 is 0 Å². The van der Waals surface area contributed by atoms with Crippen LogP contribution in [0.5, 0.6) is 5.75 Å². The van der Waals surface area contributed by atoms with Gasteiger partial charge in [-0.25, -0.2) is 0 Å². The molecule has 0 aromatic heterocycles. The minimum absolute atomic E-state index is 0.338. The molecule has 0 unspecified atom stereocenters. The van der Waals surface area contributed by atoms with Crippen molar-refractivity contribution in [3.63, 3.8) is 0 Å². The van der Waals surface area contributed by atoms with Crippen molar-refractivity contribution in [2.75, 3.05) is 0 Å². The minimum Gasteiger partial charge on any atom is -0.507 e. The van der Waals surface area contributed by atoms with Crippen LogP contribution in [0.15, 0.2) is 72.8 Å². The minimum atomic E-state index is 0.338. The summed E-state index contributed by atoms with van der Waals surface area (Å²) in [7, 11) is 0. The Morgan fingerprint density at radius 1 is 0.727 bits per heavy atom. The summed E-state index contributed by atoms with van der Waals surface area (Å²) in [5.74, 6) is 0.338. The molecule has 0 fully saturated rings. The van der Waals surface area contributed by atoms with Gasteiger partial charge in [0.1, 0.15) is 5.75 Å². The normalized spacial score (nSPS) is 11.1. The van der Waals surface area contributed by atoms with E-state index < -0.39 is 0 Å². The first-order chi connectivity index (χ1) is 10.8. The summed E-state index contributed by atoms with van der Waals surface area (Å²) < 4.78 is 0. The number of hydrogen-bond donors (Lipinski definition) is 1. The number of aromatic hydroxyl groups is 1. The monoisotopic (exact) mass is 284 g/mol. The van der Waals surface area contributed by atoms with Gasteiger partial charge in [0.15, 0.2) is 0 Å². The van der Waals surface area contributed by atoms with Crippen molar-refractivity contribution in [3.8, 4) is 16.9 Å². The van der Waals surface area contributed by atoms with E-state index in [0.717, 1.165) is 21.9 Å². The Morgan fingerprint density at radius 2 is 1.45 bits per heavy atom. The Morgan fingerprint density at radius 3 is 2.27 bits per heavy atom. The van der Waals surface area contributed by atoms with Crippen LogP contribution in [0.4, 0.5) is 0 Å². The molecule has 0 saturated carbocycles. The van der Waals surface area contributed by atoms with Crippen LogP contribution in [0.25, 0.3) is 32.7 Å². The Kier molecular flexibility index (Phi) is 2.87. The lowest BCUT2D eigenvalue weighted by Crippen LogP contribution is -1.88. The highest BCUT2D eigenvalue weighted by atomic mass is 16.3. The van der Waals surface area contributed by atoms with E-state index in [1.165, 1.54) is 16.3 Å². The van der Waals surface area contributed by atoms with Gasteiger partial charge in [0.25, 0.3) is 0 Å². The van der Waals surface area contributed by atoms with Crippen LogP contribution in [-0.2, 0) is 0 Å². The molecule has 0 bridgehead atoms. The molecule has 0 aliphatic rings. The number of fused-ring (bicyclic) bond motifs is 2. The molecule has 1 nitrogen and oxygen atoms in total. The molecule has 106 valence electrons. The third kappa shape index (κ3) is 1.86. The second-order valence-electron chi connectivity index (χ2n) is 5.66. The summed E-state index contributed by atoms with van der Waals surface area (Å²) in [6.07, 6.45) is 0. The highest BCUT2D eigenvalue weighted by Crippen LogP contribution is 2.41. The fourth-order valence-electron chi connectivity index (χ4n) is 3.21. The molecule has 1 N–H and O–H groups in total. The molecule has 0 atom stereocenters. The maximum atomic E-state index is 10.5. The van der Waals surface area contributed by atoms with E-state index in [2.05, 4.69) is 43.3 Å². The number of phenolic OH excluding ortho intramolecular Hbond substituents is 1. The molecule has 4 aromatic carbocycles. The summed E-state index contributed by atoms with van der Waals surface area (Å²) in [6, 6.07) is 24.6. The lowest BCUT2D eigenvalue weighted by Gasteiger charge is -2.14. The van der Waals surface area contributed by atoms with Crippen molar-refractivity contribution in [1.29, 1.82) is 0 Å². The van der Waals surface area contributed by atoms with Crippen LogP contribution < -0.4 is 0 Å². The van der Waals surface area contributed by atoms with Crippen LogP contribution in [0.1, 0.15) is 5.56 Å². The average Bonchev–Trinajstić information content (AvgIpc) is 2.57. The van der Waals surface area contributed by atoms with E-state index in [9.17, 15) is 5.11 Å². The van der Waals surface area contributed by atoms with Crippen molar-refractivity contribution in [2.45, 2.75) is 6.92 Å². The molecule has 0 aliphatic heterocycles. The van der Waals surface area contributed by atoms with E-state index in [1.807, 2.05) is 30.3 Å². The van der Waals surface area contributed by atoms with Crippen molar-refractivity contribution < 1.29 is 5.11 Å². The number of hydrogen-bond acceptors (Lipinski definition) is 1. The molecule has 0 saturated heterocycles. The Hall–Kier alpha value is -2.80. The number of benzene rings is 4. The van der Waals surface area contributed by atoms with E-state index in [0.29, 0.717) is 5.75 Å². The Balaban J connectivity index is 2.30. The standard InChI is InChI=1S/C21H16O/c1-14-11-12-19(22)21-18(14)13-16-9-5-6-10-17(16)20(21)15-7-3-2-4-8-15/h2-13,22H,1H3. The topological polar surface area (TPSA) is 20.2 Å². The quantitative estimate of drug-likeness (QED) is 0.446. The highest BCUT2D eigenvalue weighted by Gasteiger charge is 2.13. The zero-order chi connectivity index (χ0) is 15.1. The van der Waals surface area contributed by atoms with Gasteiger partial charge in [-0.2, -0.15) is 0 Å². The molecule has 0 aliphatic carbocycles. The van der Waals surface area contributed by atoms with Crippen molar-refractivity contribution >= 4 is 21.5 Å². The third-order valence-corrected chi connectivity index (χ3v) is 4.28. The van der Waals surface area contributed by atoms with Gasteiger partial charge in [0.2, 0.25) is 0 Å². The molecule has 0 heterocycles. The lowest BCUT2D eigenvalue weighted by atomic mass is 9.90. The highest BCUT2D eigenvalue weighted by molar-refractivity contribution is 6.15. The lowest BCUT2D eigenvalue weighted by molar-refractivity contribution is 0.481. The maximum Gasteiger partial charge on any atom is 0.124 e. The molecule has 22 heavy (non-hydrogen) atoms. The Bertz CT molecular complexity index is 985. The summed E-state index contributed by atoms with van der Waals surface area (Å²) >= 11 is 0. The number of aryl methyl sites for hydroxylation is 1. The average molecular weight is 284 g/mol. The molecule has 1 heteroatoms. The summed E-state index contributed by atoms with van der Waals surface area (Å²) in [4.78, 5) is 0. The van der Waals surface area contributed by atoms with Gasteiger partial charge in [-0.05, 0) is 46.3 Å². The summed E-state index contributed by atoms with van der Waals surface area (Å²) in [5.41, 5.74) is 3.41. The number of rotatable bonds is 1. The van der Waals surface area contributed by atoms with E-state index >= 15 is 0 Å². The molecule has 0 amide bonds. The van der Waals surface area contributed by atoms with Crippen molar-refractivity contribution in [1.82, 2.24) is 0 Å². The predicted octanol–water partition coefficient (Wildman–Crippen LogP) is 5.67. The fourth-order valence-corrected chi connectivity index (χ4v) is 3.21. The molecule has 0 radical (unpaired) electrons. The molecular formula is C21H16O. The number of phenols is 1. The molecule has 4 rings (SSSR count). The molecule has 4 aromatic rings.